The van der Waals surface area contributed by atoms with E-state index in [9.17, 15) is 16.8 Å². The lowest BCUT2D eigenvalue weighted by molar-refractivity contribution is 0.416. The van der Waals surface area contributed by atoms with Gasteiger partial charge in [-0.25, -0.2) is 22.0 Å². The summed E-state index contributed by atoms with van der Waals surface area (Å²) in [6.07, 6.45) is 1.80. The van der Waals surface area contributed by atoms with E-state index < -0.39 is 20.0 Å². The van der Waals surface area contributed by atoms with Gasteiger partial charge in [-0.05, 0) is 37.0 Å². The monoisotopic (exact) mass is 320 g/mol. The van der Waals surface area contributed by atoms with Crippen LogP contribution < -0.4 is 14.6 Å². The molecule has 1 fully saturated rings. The Morgan fingerprint density at radius 2 is 1.95 bits per heavy atom. The number of anilines is 1. The standard InChI is InChI=1S/C11H16N2O5S2/c1-18-11-5-4-9(20(12,16)17)6-10(11)13-19(14,15)7-8-2-3-8/h4-6,8,13H,2-3,7H2,1H3,(H2,12,16,17). The van der Waals surface area contributed by atoms with E-state index in [0.717, 1.165) is 18.9 Å². The van der Waals surface area contributed by atoms with Crippen LogP contribution in [0.4, 0.5) is 5.69 Å². The number of primary sulfonamides is 1. The fraction of sp³-hybridized carbons (Fsp3) is 0.455. The lowest BCUT2D eigenvalue weighted by Gasteiger charge is -2.12. The maximum atomic E-state index is 11.9. The summed E-state index contributed by atoms with van der Waals surface area (Å²) in [6.45, 7) is 0. The smallest absolute Gasteiger partial charge is 0.238 e. The fourth-order valence-corrected chi connectivity index (χ4v) is 3.82. The van der Waals surface area contributed by atoms with Gasteiger partial charge < -0.3 is 4.74 Å². The molecule has 1 aromatic carbocycles. The minimum atomic E-state index is -3.91. The predicted octanol–water partition coefficient (Wildman–Crippen LogP) is 0.494. The Labute approximate surface area is 118 Å². The van der Waals surface area contributed by atoms with E-state index >= 15 is 0 Å². The van der Waals surface area contributed by atoms with Crippen LogP contribution in [0.3, 0.4) is 0 Å². The average molecular weight is 320 g/mol. The number of rotatable bonds is 6. The van der Waals surface area contributed by atoms with Crippen LogP contribution in [0.25, 0.3) is 0 Å². The zero-order valence-corrected chi connectivity index (χ0v) is 12.5. The van der Waals surface area contributed by atoms with Crippen LogP contribution in [0.1, 0.15) is 12.8 Å². The molecule has 0 bridgehead atoms. The van der Waals surface area contributed by atoms with Gasteiger partial charge in [-0.3, -0.25) is 4.72 Å². The van der Waals surface area contributed by atoms with Gasteiger partial charge in [-0.2, -0.15) is 0 Å². The van der Waals surface area contributed by atoms with Gasteiger partial charge in [0, 0.05) is 0 Å². The van der Waals surface area contributed by atoms with E-state index in [1.54, 1.807) is 0 Å². The highest BCUT2D eigenvalue weighted by Crippen LogP contribution is 2.32. The summed E-state index contributed by atoms with van der Waals surface area (Å²) in [6, 6.07) is 3.76. The van der Waals surface area contributed by atoms with Gasteiger partial charge in [0.1, 0.15) is 5.75 Å². The predicted molar refractivity (Wildman–Crippen MR) is 74.5 cm³/mol. The van der Waals surface area contributed by atoms with Crippen LogP contribution in [0, 0.1) is 5.92 Å². The maximum absolute atomic E-state index is 11.9. The lowest BCUT2D eigenvalue weighted by atomic mass is 10.3. The molecule has 2 rings (SSSR count). The van der Waals surface area contributed by atoms with Crippen molar-refractivity contribution in [2.45, 2.75) is 17.7 Å². The van der Waals surface area contributed by atoms with Crippen molar-refractivity contribution in [2.24, 2.45) is 11.1 Å². The van der Waals surface area contributed by atoms with Crippen molar-refractivity contribution in [3.05, 3.63) is 18.2 Å². The molecule has 112 valence electrons. The molecule has 0 spiro atoms. The second-order valence-corrected chi connectivity index (χ2v) is 8.06. The summed E-state index contributed by atoms with van der Waals surface area (Å²) in [5.74, 6) is 0.437. The van der Waals surface area contributed by atoms with Crippen molar-refractivity contribution in [2.75, 3.05) is 17.6 Å². The molecular weight excluding hydrogens is 304 g/mol. The van der Waals surface area contributed by atoms with E-state index in [2.05, 4.69) is 4.72 Å². The second kappa shape index (κ2) is 5.23. The first kappa shape index (κ1) is 15.1. The minimum Gasteiger partial charge on any atom is -0.495 e. The number of hydrogen-bond acceptors (Lipinski definition) is 5. The minimum absolute atomic E-state index is 0.0236. The first-order valence-electron chi connectivity index (χ1n) is 5.92. The summed E-state index contributed by atoms with van der Waals surface area (Å²) >= 11 is 0. The molecule has 0 saturated heterocycles. The fourth-order valence-electron chi connectivity index (χ4n) is 1.75. The van der Waals surface area contributed by atoms with Gasteiger partial charge in [0.2, 0.25) is 20.0 Å². The summed E-state index contributed by atoms with van der Waals surface area (Å²) in [5.41, 5.74) is 0.0691. The third-order valence-corrected chi connectivity index (χ3v) is 5.27. The van der Waals surface area contributed by atoms with Crippen LogP contribution >= 0.6 is 0 Å². The molecule has 0 radical (unpaired) electrons. The van der Waals surface area contributed by atoms with Crippen LogP contribution in [0.15, 0.2) is 23.1 Å². The van der Waals surface area contributed by atoms with Crippen molar-refractivity contribution in [3.63, 3.8) is 0 Å². The Morgan fingerprint density at radius 3 is 2.45 bits per heavy atom. The molecule has 7 nitrogen and oxygen atoms in total. The number of benzene rings is 1. The van der Waals surface area contributed by atoms with Gasteiger partial charge in [-0.1, -0.05) is 0 Å². The number of nitrogens with two attached hydrogens (primary N) is 1. The van der Waals surface area contributed by atoms with Crippen molar-refractivity contribution < 1.29 is 21.6 Å². The topological polar surface area (TPSA) is 116 Å². The molecule has 0 aliphatic heterocycles. The van der Waals surface area contributed by atoms with Gasteiger partial charge in [0.05, 0.1) is 23.4 Å². The molecule has 0 aromatic heterocycles. The molecule has 1 aliphatic rings. The Balaban J connectivity index is 2.33. The molecule has 0 amide bonds. The molecule has 0 unspecified atom stereocenters. The number of methoxy groups -OCH3 is 1. The molecule has 1 saturated carbocycles. The second-order valence-electron chi connectivity index (χ2n) is 4.73. The normalized spacial score (nSPS) is 15.9. The molecule has 1 aliphatic carbocycles. The van der Waals surface area contributed by atoms with Gasteiger partial charge in [0.25, 0.3) is 0 Å². The van der Waals surface area contributed by atoms with Gasteiger partial charge >= 0.3 is 0 Å². The van der Waals surface area contributed by atoms with E-state index in [-0.39, 0.29) is 28.0 Å². The van der Waals surface area contributed by atoms with Crippen molar-refractivity contribution in [1.29, 1.82) is 0 Å². The Bertz CT molecular complexity index is 708. The number of ether oxygens (including phenoxy) is 1. The summed E-state index contributed by atoms with van der Waals surface area (Å²) in [5, 5.41) is 5.03. The highest BCUT2D eigenvalue weighted by molar-refractivity contribution is 7.92. The highest BCUT2D eigenvalue weighted by Gasteiger charge is 2.28. The third-order valence-electron chi connectivity index (χ3n) is 2.92. The first-order valence-corrected chi connectivity index (χ1v) is 9.12. The Morgan fingerprint density at radius 1 is 1.30 bits per heavy atom. The number of hydrogen-bond donors (Lipinski definition) is 2. The van der Waals surface area contributed by atoms with Crippen LogP contribution in [-0.4, -0.2) is 29.7 Å². The molecule has 1 aromatic rings. The zero-order valence-electron chi connectivity index (χ0n) is 10.9. The van der Waals surface area contributed by atoms with Gasteiger partial charge in [0.15, 0.2) is 0 Å². The molecular formula is C11H16N2O5S2. The Kier molecular flexibility index (Phi) is 3.94. The SMILES string of the molecule is COc1ccc(S(N)(=O)=O)cc1NS(=O)(=O)CC1CC1. The van der Waals surface area contributed by atoms with Crippen LogP contribution in [-0.2, 0) is 20.0 Å². The number of sulfonamides is 2. The van der Waals surface area contributed by atoms with Crippen LogP contribution in [0.2, 0.25) is 0 Å². The highest BCUT2D eigenvalue weighted by atomic mass is 32.2. The zero-order chi connectivity index (χ0) is 15.0. The van der Waals surface area contributed by atoms with Crippen molar-refractivity contribution >= 4 is 25.7 Å². The molecule has 9 heteroatoms. The van der Waals surface area contributed by atoms with Crippen LogP contribution in [0.5, 0.6) is 5.75 Å². The Hall–Kier alpha value is -1.32. The summed E-state index contributed by atoms with van der Waals surface area (Å²) in [7, 11) is -6.07. The first-order chi connectivity index (χ1) is 9.21. The number of nitrogens with one attached hydrogen (secondary N) is 1. The molecule has 3 N–H and O–H groups in total. The van der Waals surface area contributed by atoms with E-state index in [4.69, 9.17) is 9.88 Å². The molecule has 0 atom stereocenters. The maximum Gasteiger partial charge on any atom is 0.238 e. The molecule has 0 heterocycles. The van der Waals surface area contributed by atoms with Gasteiger partial charge in [-0.15, -0.1) is 0 Å². The molecule has 20 heavy (non-hydrogen) atoms. The lowest BCUT2D eigenvalue weighted by Crippen LogP contribution is -2.19. The quantitative estimate of drug-likeness (QED) is 0.791. The van der Waals surface area contributed by atoms with E-state index in [0.29, 0.717) is 0 Å². The van der Waals surface area contributed by atoms with E-state index in [1.807, 2.05) is 0 Å². The largest absolute Gasteiger partial charge is 0.495 e. The third kappa shape index (κ3) is 3.84. The van der Waals surface area contributed by atoms with E-state index in [1.165, 1.54) is 19.2 Å². The van der Waals surface area contributed by atoms with Crippen molar-refractivity contribution in [1.82, 2.24) is 0 Å². The van der Waals surface area contributed by atoms with Crippen molar-refractivity contribution in [3.8, 4) is 5.75 Å². The summed E-state index contributed by atoms with van der Waals surface area (Å²) < 4.78 is 53.8. The summed E-state index contributed by atoms with van der Waals surface area (Å²) in [4.78, 5) is -0.178. The average Bonchev–Trinajstić information content (AvgIpc) is 3.10.